The molecule has 3 rings (SSSR count). The molecule has 0 bridgehead atoms. The third-order valence-corrected chi connectivity index (χ3v) is 5.66. The minimum Gasteiger partial charge on any atom is -0.493 e. The Bertz CT molecular complexity index is 926. The summed E-state index contributed by atoms with van der Waals surface area (Å²) >= 11 is 0. The number of fused-ring (bicyclic) bond motifs is 1. The van der Waals surface area contributed by atoms with Gasteiger partial charge in [-0.25, -0.2) is 4.79 Å². The third-order valence-electron chi connectivity index (χ3n) is 5.66. The molecular weight excluding hydrogens is 396 g/mol. The molecule has 0 radical (unpaired) electrons. The molecule has 31 heavy (non-hydrogen) atoms. The smallest absolute Gasteiger partial charge is 0.338 e. The standard InChI is InChI=1S/C24H28N2O5/c1-29-21-13-18-9-12-26(11-6-10-25)23(20(18)14-22(21)30-2)19(15-27)16-31-24(28)17-7-4-3-5-8-17/h3-5,7-8,13-14,19,23,27H,6,9,11-12,15-16H2,1-2H3. The second-order valence-corrected chi connectivity index (χ2v) is 7.45. The van der Waals surface area contributed by atoms with E-state index in [4.69, 9.17) is 19.5 Å². The fourth-order valence-corrected chi connectivity index (χ4v) is 4.11. The second-order valence-electron chi connectivity index (χ2n) is 7.45. The summed E-state index contributed by atoms with van der Waals surface area (Å²) in [6, 6.07) is 14.7. The lowest BCUT2D eigenvalue weighted by atomic mass is 9.84. The molecule has 0 aliphatic carbocycles. The SMILES string of the molecule is COc1cc2c(cc1OC)C(C(CO)COC(=O)c1ccccc1)N(CCC#N)CC2. The Morgan fingerprint density at radius 3 is 2.58 bits per heavy atom. The fourth-order valence-electron chi connectivity index (χ4n) is 4.11. The van der Waals surface area contributed by atoms with E-state index in [1.807, 2.05) is 18.2 Å². The van der Waals surface area contributed by atoms with Crippen LogP contribution >= 0.6 is 0 Å². The van der Waals surface area contributed by atoms with Crippen LogP contribution in [0.2, 0.25) is 0 Å². The Morgan fingerprint density at radius 2 is 1.94 bits per heavy atom. The third kappa shape index (κ3) is 5.16. The van der Waals surface area contributed by atoms with Gasteiger partial charge in [0.15, 0.2) is 11.5 Å². The van der Waals surface area contributed by atoms with E-state index in [0.29, 0.717) is 30.0 Å². The van der Waals surface area contributed by atoms with E-state index < -0.39 is 5.97 Å². The van der Waals surface area contributed by atoms with Gasteiger partial charge in [0.25, 0.3) is 0 Å². The summed E-state index contributed by atoms with van der Waals surface area (Å²) in [6.07, 6.45) is 1.17. The highest BCUT2D eigenvalue weighted by atomic mass is 16.5. The van der Waals surface area contributed by atoms with Crippen molar-refractivity contribution >= 4 is 5.97 Å². The molecule has 0 fully saturated rings. The highest BCUT2D eigenvalue weighted by molar-refractivity contribution is 5.89. The number of methoxy groups -OCH3 is 2. The molecule has 0 amide bonds. The van der Waals surface area contributed by atoms with Crippen molar-refractivity contribution in [3.63, 3.8) is 0 Å². The molecule has 7 heteroatoms. The number of ether oxygens (including phenoxy) is 3. The van der Waals surface area contributed by atoms with Gasteiger partial charge in [0.1, 0.15) is 0 Å². The molecule has 2 atom stereocenters. The van der Waals surface area contributed by atoms with Gasteiger partial charge in [-0.05, 0) is 41.8 Å². The number of rotatable bonds is 9. The van der Waals surface area contributed by atoms with Crippen LogP contribution in [-0.2, 0) is 11.2 Å². The van der Waals surface area contributed by atoms with Crippen molar-refractivity contribution in [1.82, 2.24) is 4.90 Å². The number of hydrogen-bond acceptors (Lipinski definition) is 7. The lowest BCUT2D eigenvalue weighted by molar-refractivity contribution is 0.0161. The van der Waals surface area contributed by atoms with Crippen molar-refractivity contribution in [2.75, 3.05) is 40.5 Å². The molecule has 1 N–H and O–H groups in total. The molecule has 2 unspecified atom stereocenters. The maximum absolute atomic E-state index is 12.4. The predicted molar refractivity (Wildman–Crippen MR) is 115 cm³/mol. The second kappa shape index (κ2) is 10.8. The predicted octanol–water partition coefficient (Wildman–Crippen LogP) is 2.98. The summed E-state index contributed by atoms with van der Waals surface area (Å²) in [7, 11) is 3.18. The van der Waals surface area contributed by atoms with Crippen LogP contribution in [0.25, 0.3) is 0 Å². The van der Waals surface area contributed by atoms with Crippen molar-refractivity contribution in [3.8, 4) is 17.6 Å². The molecule has 0 saturated heterocycles. The van der Waals surface area contributed by atoms with Crippen LogP contribution in [0, 0.1) is 17.2 Å². The van der Waals surface area contributed by atoms with E-state index in [-0.39, 0.29) is 25.2 Å². The fraction of sp³-hybridized carbons (Fsp3) is 0.417. The summed E-state index contributed by atoms with van der Waals surface area (Å²) in [5, 5.41) is 19.3. The van der Waals surface area contributed by atoms with Crippen LogP contribution in [-0.4, -0.2) is 56.5 Å². The quantitative estimate of drug-likeness (QED) is 0.619. The maximum atomic E-state index is 12.4. The van der Waals surface area contributed by atoms with Gasteiger partial charge in [0.2, 0.25) is 0 Å². The van der Waals surface area contributed by atoms with Crippen molar-refractivity contribution in [2.24, 2.45) is 5.92 Å². The Morgan fingerprint density at radius 1 is 1.23 bits per heavy atom. The molecule has 2 aromatic rings. The number of carbonyl (C=O) groups is 1. The topological polar surface area (TPSA) is 92.0 Å². The van der Waals surface area contributed by atoms with Crippen molar-refractivity contribution in [3.05, 3.63) is 59.2 Å². The van der Waals surface area contributed by atoms with E-state index in [0.717, 1.165) is 24.1 Å². The Hall–Kier alpha value is -3.08. The van der Waals surface area contributed by atoms with E-state index in [9.17, 15) is 9.90 Å². The average molecular weight is 424 g/mol. The largest absolute Gasteiger partial charge is 0.493 e. The van der Waals surface area contributed by atoms with E-state index >= 15 is 0 Å². The van der Waals surface area contributed by atoms with Crippen LogP contribution in [0.3, 0.4) is 0 Å². The number of nitrogens with zero attached hydrogens (tertiary/aromatic N) is 2. The molecule has 164 valence electrons. The monoisotopic (exact) mass is 424 g/mol. The van der Waals surface area contributed by atoms with E-state index in [2.05, 4.69) is 11.0 Å². The summed E-state index contributed by atoms with van der Waals surface area (Å²) < 4.78 is 16.5. The minimum absolute atomic E-state index is 0.0612. The van der Waals surface area contributed by atoms with Gasteiger partial charge in [-0.15, -0.1) is 0 Å². The number of benzene rings is 2. The number of aliphatic hydroxyl groups is 1. The van der Waals surface area contributed by atoms with Crippen LogP contribution in [0.1, 0.15) is 33.9 Å². The zero-order chi connectivity index (χ0) is 22.2. The maximum Gasteiger partial charge on any atom is 0.338 e. The zero-order valence-electron chi connectivity index (χ0n) is 17.9. The summed E-state index contributed by atoms with van der Waals surface area (Å²) in [5.41, 5.74) is 2.57. The number of carbonyl (C=O) groups excluding carboxylic acids is 1. The first-order chi connectivity index (χ1) is 15.1. The molecular formula is C24H28N2O5. The van der Waals surface area contributed by atoms with Crippen molar-refractivity contribution < 1.29 is 24.1 Å². The first-order valence-electron chi connectivity index (χ1n) is 10.3. The zero-order valence-corrected chi connectivity index (χ0v) is 17.9. The highest BCUT2D eigenvalue weighted by Gasteiger charge is 2.35. The lowest BCUT2D eigenvalue weighted by Gasteiger charge is -2.41. The van der Waals surface area contributed by atoms with Gasteiger partial charge in [0, 0.05) is 31.5 Å². The van der Waals surface area contributed by atoms with E-state index in [1.165, 1.54) is 0 Å². The number of aliphatic hydroxyl groups excluding tert-OH is 1. The van der Waals surface area contributed by atoms with Gasteiger partial charge in [0.05, 0.1) is 39.1 Å². The molecule has 0 spiro atoms. The molecule has 1 heterocycles. The summed E-state index contributed by atoms with van der Waals surface area (Å²) in [5.74, 6) is 0.474. The Balaban J connectivity index is 1.89. The summed E-state index contributed by atoms with van der Waals surface area (Å²) in [4.78, 5) is 14.6. The van der Waals surface area contributed by atoms with Gasteiger partial charge in [-0.3, -0.25) is 4.90 Å². The van der Waals surface area contributed by atoms with Gasteiger partial charge in [-0.2, -0.15) is 5.26 Å². The van der Waals surface area contributed by atoms with Gasteiger partial charge in [-0.1, -0.05) is 18.2 Å². The first-order valence-corrected chi connectivity index (χ1v) is 10.3. The molecule has 1 aliphatic heterocycles. The highest BCUT2D eigenvalue weighted by Crippen LogP contribution is 2.41. The Kier molecular flexibility index (Phi) is 7.88. The van der Waals surface area contributed by atoms with Gasteiger partial charge >= 0.3 is 5.97 Å². The van der Waals surface area contributed by atoms with Crippen LogP contribution < -0.4 is 9.47 Å². The van der Waals surface area contributed by atoms with Crippen molar-refractivity contribution in [1.29, 1.82) is 5.26 Å². The molecule has 0 aromatic heterocycles. The number of nitriles is 1. The average Bonchev–Trinajstić information content (AvgIpc) is 2.82. The first kappa shape index (κ1) is 22.6. The molecule has 1 aliphatic rings. The number of esters is 1. The van der Waals surface area contributed by atoms with Gasteiger partial charge < -0.3 is 19.3 Å². The Labute approximate surface area is 182 Å². The lowest BCUT2D eigenvalue weighted by Crippen LogP contribution is -2.42. The summed E-state index contributed by atoms with van der Waals surface area (Å²) in [6.45, 7) is 1.20. The van der Waals surface area contributed by atoms with Crippen LogP contribution in [0.5, 0.6) is 11.5 Å². The molecule has 7 nitrogen and oxygen atoms in total. The van der Waals surface area contributed by atoms with Crippen LogP contribution in [0.4, 0.5) is 0 Å². The minimum atomic E-state index is -0.425. The normalized spacial score (nSPS) is 16.6. The molecule has 2 aromatic carbocycles. The van der Waals surface area contributed by atoms with E-state index in [1.54, 1.807) is 38.5 Å². The van der Waals surface area contributed by atoms with Crippen LogP contribution in [0.15, 0.2) is 42.5 Å². The molecule has 0 saturated carbocycles. The van der Waals surface area contributed by atoms with Crippen molar-refractivity contribution in [2.45, 2.75) is 18.9 Å². The number of hydrogen-bond donors (Lipinski definition) is 1.